The molecule has 0 aromatic heterocycles. The van der Waals surface area contributed by atoms with Crippen LogP contribution in [0.25, 0.3) is 10.8 Å². The SMILES string of the molecule is CO[C@@H]1C=CO[C@@]2(C)Oc3c(C)c(O)c4c(O)c(c(C=NNC5CCCCCCCCCCCCCC5)c(O)c4c3C2=O)NC(=O)C(C)=CC=C[C@H](C)[C@H](O)[C@H](C)[C@H](O)[C@H](C)[C@@H](OC(C)=O)[C@H]1C. The number of fused-ring (bicyclic) bond motifs is 14. The quantitative estimate of drug-likeness (QED) is 0.0488. The molecule has 2 aromatic carbocycles. The molecule has 3 heterocycles. The number of phenolic OH excluding ortho intramolecular Hbond substituents is 3. The third-order valence-electron chi connectivity index (χ3n) is 14.3. The number of amides is 1. The summed E-state index contributed by atoms with van der Waals surface area (Å²) in [4.78, 5) is 41.0. The number of ether oxygens (including phenoxy) is 4. The Morgan fingerprint density at radius 3 is 1.99 bits per heavy atom. The van der Waals surface area contributed by atoms with Gasteiger partial charge in [0.25, 0.3) is 11.7 Å². The van der Waals surface area contributed by atoms with Gasteiger partial charge in [-0.05, 0) is 32.8 Å². The second-order valence-corrected chi connectivity index (χ2v) is 19.5. The minimum atomic E-state index is -2.05. The van der Waals surface area contributed by atoms with Gasteiger partial charge in [-0.1, -0.05) is 123 Å². The van der Waals surface area contributed by atoms with Gasteiger partial charge in [0.05, 0.1) is 53.0 Å². The van der Waals surface area contributed by atoms with Gasteiger partial charge in [0.2, 0.25) is 0 Å². The first-order valence-corrected chi connectivity index (χ1v) is 24.7. The minimum absolute atomic E-state index is 0.0252. The van der Waals surface area contributed by atoms with Crippen LogP contribution < -0.4 is 15.5 Å². The summed E-state index contributed by atoms with van der Waals surface area (Å²) in [6, 6.07) is 0.0252. The number of carbonyl (C=O) groups excluding carboxylic acids is 3. The molecule has 1 aliphatic carbocycles. The maximum atomic E-state index is 14.6. The Bertz CT molecular complexity index is 2200. The van der Waals surface area contributed by atoms with E-state index in [1.54, 1.807) is 46.8 Å². The Morgan fingerprint density at radius 2 is 1.41 bits per heavy atom. The van der Waals surface area contributed by atoms with Crippen molar-refractivity contribution >= 4 is 40.3 Å². The number of rotatable bonds is 5. The van der Waals surface area contributed by atoms with Gasteiger partial charge in [-0.25, -0.2) is 0 Å². The van der Waals surface area contributed by atoms with E-state index in [-0.39, 0.29) is 50.5 Å². The summed E-state index contributed by atoms with van der Waals surface area (Å²) >= 11 is 0. The number of esters is 1. The van der Waals surface area contributed by atoms with Crippen LogP contribution in [0.4, 0.5) is 5.69 Å². The molecular formula is C53H77N3O12. The molecule has 0 saturated heterocycles. The van der Waals surface area contributed by atoms with Gasteiger partial charge in [0.1, 0.15) is 23.4 Å². The van der Waals surface area contributed by atoms with E-state index < -0.39 is 88.8 Å². The first kappa shape index (κ1) is 53.8. The van der Waals surface area contributed by atoms with Crippen LogP contribution in [0.2, 0.25) is 0 Å². The van der Waals surface area contributed by atoms with Crippen LogP contribution in [0.1, 0.15) is 160 Å². The van der Waals surface area contributed by atoms with Crippen molar-refractivity contribution in [3.8, 4) is 23.0 Å². The molecule has 376 valence electrons. The molecule has 1 amide bonds. The Labute approximate surface area is 402 Å². The van der Waals surface area contributed by atoms with Crippen LogP contribution in [0.3, 0.4) is 0 Å². The predicted octanol–water partition coefficient (Wildman–Crippen LogP) is 9.52. The standard InChI is InChI=1S/C53H77N3O12/c1-30-23-22-24-31(2)52(64)55-43-38(29-54-56-37-25-20-18-16-14-12-10-11-13-15-17-19-21-26-37)47(61)40-41(48(43)62)46(60)35(6)50-42(40)51(63)53(8,68-50)66-28-27-39(65-9)32(3)49(67-36(7)57)34(5)45(59)33(4)44(30)58/h22-24,27-30,32-34,37,39,44-45,49,56,58-62H,10-21,25-26H2,1-9H3,(H,55,64)/t30-,32-,33-,34-,39+,44-,45-,49-,53-/m0/s1. The summed E-state index contributed by atoms with van der Waals surface area (Å²) in [5.41, 5.74) is 2.98. The van der Waals surface area contributed by atoms with E-state index in [9.17, 15) is 39.9 Å². The zero-order valence-electron chi connectivity index (χ0n) is 41.6. The number of ketones is 1. The molecule has 5 bridgehead atoms. The highest BCUT2D eigenvalue weighted by Crippen LogP contribution is 2.55. The number of aliphatic hydroxyl groups is 2. The monoisotopic (exact) mass is 948 g/mol. The number of methoxy groups -OCH3 is 1. The fraction of sp³-hybridized carbons (Fsp3) is 0.623. The minimum Gasteiger partial charge on any atom is -0.507 e. The van der Waals surface area contributed by atoms with Crippen molar-refractivity contribution in [3.63, 3.8) is 0 Å². The van der Waals surface area contributed by atoms with Crippen molar-refractivity contribution in [1.29, 1.82) is 0 Å². The number of benzene rings is 2. The van der Waals surface area contributed by atoms with Crippen LogP contribution in [0, 0.1) is 30.6 Å². The Hall–Kier alpha value is -5.12. The lowest BCUT2D eigenvalue weighted by Gasteiger charge is -2.38. The second kappa shape index (κ2) is 24.4. The summed E-state index contributed by atoms with van der Waals surface area (Å²) in [6.07, 6.45) is 21.0. The highest BCUT2D eigenvalue weighted by atomic mass is 16.7. The zero-order valence-corrected chi connectivity index (χ0v) is 41.6. The Morgan fingerprint density at radius 1 is 0.824 bits per heavy atom. The molecule has 2 aromatic rings. The summed E-state index contributed by atoms with van der Waals surface area (Å²) in [5.74, 6) is -8.30. The Kier molecular flexibility index (Phi) is 19.3. The molecule has 15 heteroatoms. The maximum absolute atomic E-state index is 14.6. The number of hydrogen-bond acceptors (Lipinski definition) is 14. The largest absolute Gasteiger partial charge is 0.507 e. The first-order valence-electron chi connectivity index (χ1n) is 24.7. The van der Waals surface area contributed by atoms with Gasteiger partial charge in [-0.2, -0.15) is 5.10 Å². The lowest BCUT2D eigenvalue weighted by Crippen LogP contribution is -2.46. The molecule has 0 spiro atoms. The number of nitrogens with one attached hydrogen (secondary N) is 2. The van der Waals surface area contributed by atoms with E-state index in [4.69, 9.17) is 18.9 Å². The molecule has 15 nitrogen and oxygen atoms in total. The van der Waals surface area contributed by atoms with E-state index in [0.717, 1.165) is 38.5 Å². The van der Waals surface area contributed by atoms with Crippen molar-refractivity contribution in [2.75, 3.05) is 12.4 Å². The molecule has 3 aliphatic heterocycles. The molecule has 4 aliphatic rings. The molecule has 6 rings (SSSR count). The topological polar surface area (TPSA) is 226 Å². The zero-order chi connectivity index (χ0) is 49.9. The average Bonchev–Trinajstić information content (AvgIpc) is 3.56. The van der Waals surface area contributed by atoms with Crippen LogP contribution in [-0.4, -0.2) is 92.8 Å². The summed E-state index contributed by atoms with van der Waals surface area (Å²) in [6.45, 7) is 12.6. The van der Waals surface area contributed by atoms with Crippen molar-refractivity contribution < 1.29 is 58.9 Å². The molecule has 7 N–H and O–H groups in total. The predicted molar refractivity (Wildman–Crippen MR) is 263 cm³/mol. The number of hydrogen-bond donors (Lipinski definition) is 7. The average molecular weight is 948 g/mol. The van der Waals surface area contributed by atoms with Gasteiger partial charge < -0.3 is 55.2 Å². The third kappa shape index (κ3) is 12.6. The van der Waals surface area contributed by atoms with Crippen LogP contribution in [0.15, 0.2) is 41.2 Å². The van der Waals surface area contributed by atoms with Gasteiger partial charge in [-0.15, -0.1) is 0 Å². The number of anilines is 1. The van der Waals surface area contributed by atoms with Crippen molar-refractivity contribution in [3.05, 3.63) is 52.8 Å². The van der Waals surface area contributed by atoms with Crippen molar-refractivity contribution in [2.45, 2.75) is 182 Å². The van der Waals surface area contributed by atoms with E-state index >= 15 is 0 Å². The number of hydrazone groups is 1. The van der Waals surface area contributed by atoms with Gasteiger partial charge in [0, 0.05) is 67.2 Å². The second-order valence-electron chi connectivity index (χ2n) is 19.5. The third-order valence-corrected chi connectivity index (χ3v) is 14.3. The van der Waals surface area contributed by atoms with Crippen LogP contribution in [-0.2, 0) is 23.8 Å². The van der Waals surface area contributed by atoms with E-state index in [2.05, 4.69) is 15.8 Å². The number of carbonyl (C=O) groups is 3. The number of allylic oxidation sites excluding steroid dienone is 2. The van der Waals surface area contributed by atoms with Crippen LogP contribution >= 0.6 is 0 Å². The lowest BCUT2D eigenvalue weighted by atomic mass is 9.78. The lowest BCUT2D eigenvalue weighted by molar-refractivity contribution is -0.160. The van der Waals surface area contributed by atoms with Gasteiger partial charge >= 0.3 is 11.8 Å². The number of Topliss-reactive ketones (excluding diaryl/α,β-unsaturated/α-hetero) is 1. The van der Waals surface area contributed by atoms with E-state index in [1.807, 2.05) is 0 Å². The number of phenols is 3. The highest BCUT2D eigenvalue weighted by Gasteiger charge is 2.50. The fourth-order valence-corrected chi connectivity index (χ4v) is 9.90. The summed E-state index contributed by atoms with van der Waals surface area (Å²) < 4.78 is 23.8. The molecule has 68 heavy (non-hydrogen) atoms. The fourth-order valence-electron chi connectivity index (χ4n) is 9.90. The first-order chi connectivity index (χ1) is 32.3. The van der Waals surface area contributed by atoms with Gasteiger partial charge in [0.15, 0.2) is 5.75 Å². The number of aromatic hydroxyl groups is 3. The number of aliphatic hydroxyl groups excluding tert-OH is 2. The summed E-state index contributed by atoms with van der Waals surface area (Å²) in [7, 11) is 1.45. The highest BCUT2D eigenvalue weighted by molar-refractivity contribution is 6.23. The van der Waals surface area contributed by atoms with Crippen molar-refractivity contribution in [2.24, 2.45) is 28.8 Å². The molecule has 0 unspecified atom stereocenters. The molecular weight excluding hydrogens is 871 g/mol. The van der Waals surface area contributed by atoms with Crippen molar-refractivity contribution in [1.82, 2.24) is 5.43 Å². The van der Waals surface area contributed by atoms with Crippen LogP contribution in [0.5, 0.6) is 23.0 Å². The maximum Gasteiger partial charge on any atom is 0.312 e. The molecule has 0 radical (unpaired) electrons. The Balaban J connectivity index is 1.63. The van der Waals surface area contributed by atoms with E-state index in [0.29, 0.717) is 0 Å². The summed E-state index contributed by atoms with van der Waals surface area (Å²) in [5, 5.41) is 66.0. The smallest absolute Gasteiger partial charge is 0.312 e. The number of nitrogens with zero attached hydrogens (tertiary/aromatic N) is 1. The van der Waals surface area contributed by atoms with E-state index in [1.165, 1.54) is 104 Å². The molecule has 1 saturated carbocycles. The normalized spacial score (nSPS) is 29.2. The molecule has 1 fully saturated rings. The molecule has 9 atom stereocenters. The van der Waals surface area contributed by atoms with Gasteiger partial charge in [-0.3, -0.25) is 14.4 Å².